The summed E-state index contributed by atoms with van der Waals surface area (Å²) in [5, 5.41) is 6.21. The van der Waals surface area contributed by atoms with Gasteiger partial charge in [0.1, 0.15) is 10.6 Å². The molecule has 2 heterocycles. The second-order valence-corrected chi connectivity index (χ2v) is 7.99. The molecule has 1 N–H and O–H groups in total. The summed E-state index contributed by atoms with van der Waals surface area (Å²) >= 11 is 1.31. The molecule has 0 radical (unpaired) electrons. The fourth-order valence-corrected chi connectivity index (χ4v) is 4.67. The molecule has 2 aromatic heterocycles. The van der Waals surface area contributed by atoms with Crippen molar-refractivity contribution in [3.63, 3.8) is 0 Å². The molecule has 4 aromatic rings. The summed E-state index contributed by atoms with van der Waals surface area (Å²) in [7, 11) is 0. The molecule has 0 unspecified atom stereocenters. The van der Waals surface area contributed by atoms with E-state index in [4.69, 9.17) is 4.74 Å². The van der Waals surface area contributed by atoms with Crippen LogP contribution in [0.5, 0.6) is 0 Å². The Morgan fingerprint density at radius 2 is 1.71 bits per heavy atom. The minimum absolute atomic E-state index is 0.253. The lowest BCUT2D eigenvalue weighted by Gasteiger charge is -2.13. The number of amides is 1. The van der Waals surface area contributed by atoms with Crippen molar-refractivity contribution in [3.8, 4) is 11.1 Å². The van der Waals surface area contributed by atoms with Gasteiger partial charge in [0, 0.05) is 16.3 Å². The quantitative estimate of drug-likeness (QED) is 0.394. The lowest BCUT2D eigenvalue weighted by Crippen LogP contribution is -2.18. The van der Waals surface area contributed by atoms with Gasteiger partial charge < -0.3 is 10.1 Å². The summed E-state index contributed by atoms with van der Waals surface area (Å²) < 4.78 is 5.29. The normalized spacial score (nSPS) is 10.8. The average Bonchev–Trinajstić information content (AvgIpc) is 3.18. The van der Waals surface area contributed by atoms with Crippen LogP contribution in [-0.4, -0.2) is 23.5 Å². The number of ether oxygens (including phenoxy) is 1. The van der Waals surface area contributed by atoms with Crippen molar-refractivity contribution in [2.45, 2.75) is 20.8 Å². The Labute approximate surface area is 184 Å². The molecule has 0 bridgehead atoms. The fraction of sp³-hybridized carbons (Fsp3) is 0.160. The van der Waals surface area contributed by atoms with Crippen LogP contribution in [0.1, 0.15) is 38.9 Å². The number of rotatable bonds is 5. The monoisotopic (exact) mass is 430 g/mol. The number of hydrogen-bond donors (Lipinski definition) is 1. The van der Waals surface area contributed by atoms with E-state index >= 15 is 0 Å². The third kappa shape index (κ3) is 3.94. The van der Waals surface area contributed by atoms with Gasteiger partial charge in [-0.3, -0.25) is 9.78 Å². The molecule has 31 heavy (non-hydrogen) atoms. The highest BCUT2D eigenvalue weighted by atomic mass is 32.1. The van der Waals surface area contributed by atoms with Crippen molar-refractivity contribution >= 4 is 39.1 Å². The molecule has 0 aliphatic carbocycles. The number of esters is 1. The highest BCUT2D eigenvalue weighted by molar-refractivity contribution is 7.15. The van der Waals surface area contributed by atoms with E-state index in [1.807, 2.05) is 73.8 Å². The van der Waals surface area contributed by atoms with Crippen LogP contribution in [0, 0.1) is 13.8 Å². The van der Waals surface area contributed by atoms with Crippen molar-refractivity contribution in [1.29, 1.82) is 0 Å². The number of carbonyl (C=O) groups excluding carboxylic acids is 2. The number of para-hydroxylation sites is 1. The van der Waals surface area contributed by atoms with E-state index in [1.165, 1.54) is 11.3 Å². The molecular weight excluding hydrogens is 408 g/mol. The molecule has 2 aromatic carbocycles. The minimum atomic E-state index is -0.456. The Morgan fingerprint density at radius 3 is 2.45 bits per heavy atom. The van der Waals surface area contributed by atoms with Gasteiger partial charge in [-0.2, -0.15) is 0 Å². The number of aryl methyl sites for hydroxylation is 2. The van der Waals surface area contributed by atoms with Crippen molar-refractivity contribution in [3.05, 3.63) is 82.4 Å². The number of hydrogen-bond acceptors (Lipinski definition) is 5. The van der Waals surface area contributed by atoms with Crippen LogP contribution in [0.15, 0.2) is 60.0 Å². The van der Waals surface area contributed by atoms with E-state index in [1.54, 1.807) is 6.92 Å². The number of pyridine rings is 1. The smallest absolute Gasteiger partial charge is 0.341 e. The summed E-state index contributed by atoms with van der Waals surface area (Å²) in [4.78, 5) is 30.6. The summed E-state index contributed by atoms with van der Waals surface area (Å²) in [6.45, 7) is 5.76. The molecular formula is C25H22N2O3S. The molecule has 0 saturated carbocycles. The standard InChI is InChI=1S/C25H22N2O3S/c1-4-30-25(29)22-19(17-10-6-5-7-11-17)14-31-24(22)27-23(28)21-15(2)18-12-8-9-13-20(18)26-16(21)3/h5-14H,4H2,1-3H3,(H,27,28). The lowest BCUT2D eigenvalue weighted by atomic mass is 10.0. The van der Waals surface area contributed by atoms with E-state index in [2.05, 4.69) is 10.3 Å². The first kappa shape index (κ1) is 20.8. The van der Waals surface area contributed by atoms with Gasteiger partial charge in [-0.15, -0.1) is 11.3 Å². The van der Waals surface area contributed by atoms with E-state index in [0.717, 1.165) is 27.6 Å². The van der Waals surface area contributed by atoms with Crippen molar-refractivity contribution in [2.75, 3.05) is 11.9 Å². The van der Waals surface area contributed by atoms with Gasteiger partial charge in [0.2, 0.25) is 0 Å². The van der Waals surface area contributed by atoms with Crippen molar-refractivity contribution in [2.24, 2.45) is 0 Å². The minimum Gasteiger partial charge on any atom is -0.462 e. The molecule has 0 aliphatic rings. The molecule has 0 saturated heterocycles. The van der Waals surface area contributed by atoms with E-state index in [-0.39, 0.29) is 12.5 Å². The molecule has 156 valence electrons. The Kier molecular flexibility index (Phi) is 5.82. The number of anilines is 1. The Bertz CT molecular complexity index is 1280. The average molecular weight is 431 g/mol. The topological polar surface area (TPSA) is 68.3 Å². The molecule has 5 nitrogen and oxygen atoms in total. The van der Waals surface area contributed by atoms with Crippen LogP contribution in [-0.2, 0) is 4.74 Å². The lowest BCUT2D eigenvalue weighted by molar-refractivity contribution is 0.0529. The second kappa shape index (κ2) is 8.70. The summed E-state index contributed by atoms with van der Waals surface area (Å²) in [6.07, 6.45) is 0. The van der Waals surface area contributed by atoms with E-state index in [9.17, 15) is 9.59 Å². The second-order valence-electron chi connectivity index (χ2n) is 7.11. The largest absolute Gasteiger partial charge is 0.462 e. The first-order valence-corrected chi connectivity index (χ1v) is 10.9. The fourth-order valence-electron chi connectivity index (χ4n) is 3.72. The molecule has 0 aliphatic heterocycles. The molecule has 1 amide bonds. The van der Waals surface area contributed by atoms with Gasteiger partial charge >= 0.3 is 5.97 Å². The molecule has 6 heteroatoms. The maximum absolute atomic E-state index is 13.3. The maximum atomic E-state index is 13.3. The Hall–Kier alpha value is -3.51. The van der Waals surface area contributed by atoms with Crippen LogP contribution in [0.2, 0.25) is 0 Å². The van der Waals surface area contributed by atoms with Crippen LogP contribution in [0.25, 0.3) is 22.0 Å². The van der Waals surface area contributed by atoms with Crippen molar-refractivity contribution in [1.82, 2.24) is 4.98 Å². The van der Waals surface area contributed by atoms with Gasteiger partial charge in [-0.25, -0.2) is 4.79 Å². The van der Waals surface area contributed by atoms with Gasteiger partial charge in [-0.1, -0.05) is 48.5 Å². The zero-order chi connectivity index (χ0) is 22.0. The van der Waals surface area contributed by atoms with Gasteiger partial charge in [0.25, 0.3) is 5.91 Å². The number of fused-ring (bicyclic) bond motifs is 1. The van der Waals surface area contributed by atoms with Crippen molar-refractivity contribution < 1.29 is 14.3 Å². The third-order valence-electron chi connectivity index (χ3n) is 5.14. The predicted octanol–water partition coefficient (Wildman–Crippen LogP) is 6.01. The maximum Gasteiger partial charge on any atom is 0.341 e. The summed E-state index contributed by atoms with van der Waals surface area (Å²) in [5.41, 5.74) is 4.87. The zero-order valence-corrected chi connectivity index (χ0v) is 18.4. The Morgan fingerprint density at radius 1 is 1.00 bits per heavy atom. The molecule has 0 spiro atoms. The molecule has 0 fully saturated rings. The number of nitrogens with zero attached hydrogens (tertiary/aromatic N) is 1. The van der Waals surface area contributed by atoms with Crippen LogP contribution in [0.3, 0.4) is 0 Å². The first-order chi connectivity index (χ1) is 15.0. The first-order valence-electron chi connectivity index (χ1n) is 10.0. The predicted molar refractivity (Wildman–Crippen MR) is 125 cm³/mol. The van der Waals surface area contributed by atoms with Gasteiger partial charge in [-0.05, 0) is 38.0 Å². The zero-order valence-electron chi connectivity index (χ0n) is 17.6. The number of carbonyl (C=O) groups is 2. The molecule has 0 atom stereocenters. The molecule has 4 rings (SSSR count). The number of thiophene rings is 1. The Balaban J connectivity index is 1.76. The van der Waals surface area contributed by atoms with Crippen LogP contribution >= 0.6 is 11.3 Å². The highest BCUT2D eigenvalue weighted by Crippen LogP contribution is 2.37. The van der Waals surface area contributed by atoms with Gasteiger partial charge in [0.15, 0.2) is 0 Å². The highest BCUT2D eigenvalue weighted by Gasteiger charge is 2.24. The SMILES string of the molecule is CCOC(=O)c1c(-c2ccccc2)csc1NC(=O)c1c(C)nc2ccccc2c1C. The summed E-state index contributed by atoms with van der Waals surface area (Å²) in [5.74, 6) is -0.747. The summed E-state index contributed by atoms with van der Waals surface area (Å²) in [6, 6.07) is 17.3. The van der Waals surface area contributed by atoms with Crippen LogP contribution in [0.4, 0.5) is 5.00 Å². The van der Waals surface area contributed by atoms with E-state index < -0.39 is 5.97 Å². The number of nitrogens with one attached hydrogen (secondary N) is 1. The number of aromatic nitrogens is 1. The van der Waals surface area contributed by atoms with Crippen LogP contribution < -0.4 is 5.32 Å². The van der Waals surface area contributed by atoms with E-state index in [0.29, 0.717) is 21.8 Å². The van der Waals surface area contributed by atoms with Gasteiger partial charge in [0.05, 0.1) is 23.4 Å². The third-order valence-corrected chi connectivity index (χ3v) is 6.04. The number of benzene rings is 2.